The first-order valence-corrected chi connectivity index (χ1v) is 5.26. The van der Waals surface area contributed by atoms with Gasteiger partial charge in [0.2, 0.25) is 0 Å². The number of aliphatic imine (C=N–C) groups is 1. The minimum absolute atomic E-state index is 0.239. The molecule has 1 aliphatic heterocycles. The zero-order chi connectivity index (χ0) is 10.7. The largest absolute Gasteiger partial charge is 0.463 e. The molecule has 1 heterocycles. The van der Waals surface area contributed by atoms with Gasteiger partial charge in [-0.05, 0) is 25.0 Å². The molecule has 0 radical (unpaired) electrons. The molecule has 1 aliphatic rings. The maximum atomic E-state index is 5.32. The average Bonchev–Trinajstić information content (AvgIpc) is 2.71. The van der Waals surface area contributed by atoms with Crippen molar-refractivity contribution in [3.63, 3.8) is 0 Å². The highest BCUT2D eigenvalue weighted by Crippen LogP contribution is 2.16. The Morgan fingerprint density at radius 1 is 1.40 bits per heavy atom. The summed E-state index contributed by atoms with van der Waals surface area (Å²) in [5, 5.41) is 3.26. The number of ether oxygens (including phenoxy) is 1. The Kier molecular flexibility index (Phi) is 2.90. The molecule has 0 unspecified atom stereocenters. The van der Waals surface area contributed by atoms with Crippen LogP contribution in [0.5, 0.6) is 0 Å². The van der Waals surface area contributed by atoms with E-state index in [1.165, 1.54) is 11.1 Å². The maximum absolute atomic E-state index is 5.32. The van der Waals surface area contributed by atoms with E-state index in [2.05, 4.69) is 48.4 Å². The molecule has 0 saturated carbocycles. The summed E-state index contributed by atoms with van der Waals surface area (Å²) in [5.41, 5.74) is 2.58. The molecule has 1 aromatic rings. The second-order valence-corrected chi connectivity index (χ2v) is 3.76. The van der Waals surface area contributed by atoms with Gasteiger partial charge >= 0.3 is 0 Å². The fraction of sp³-hybridized carbons (Fsp3) is 0.417. The molecule has 15 heavy (non-hydrogen) atoms. The molecule has 2 rings (SSSR count). The number of hydrogen-bond acceptors (Lipinski definition) is 3. The van der Waals surface area contributed by atoms with E-state index in [0.29, 0.717) is 12.6 Å². The van der Waals surface area contributed by atoms with Gasteiger partial charge in [-0.25, -0.2) is 4.99 Å². The van der Waals surface area contributed by atoms with Crippen LogP contribution in [0.1, 0.15) is 24.1 Å². The van der Waals surface area contributed by atoms with Gasteiger partial charge in [0.25, 0.3) is 6.02 Å². The van der Waals surface area contributed by atoms with E-state index < -0.39 is 0 Å². The highest BCUT2D eigenvalue weighted by atomic mass is 16.5. The van der Waals surface area contributed by atoms with Crippen LogP contribution in [0.15, 0.2) is 29.3 Å². The van der Waals surface area contributed by atoms with Crippen LogP contribution in [0, 0.1) is 6.92 Å². The molecule has 0 bridgehead atoms. The lowest BCUT2D eigenvalue weighted by molar-refractivity contribution is 0.326. The smallest absolute Gasteiger partial charge is 0.285 e. The molecule has 0 spiro atoms. The van der Waals surface area contributed by atoms with E-state index in [4.69, 9.17) is 4.74 Å². The molecular formula is C12H16N2O. The Morgan fingerprint density at radius 3 is 2.87 bits per heavy atom. The molecule has 0 aliphatic carbocycles. The van der Waals surface area contributed by atoms with Crippen molar-refractivity contribution < 1.29 is 4.74 Å². The second-order valence-electron chi connectivity index (χ2n) is 3.76. The summed E-state index contributed by atoms with van der Waals surface area (Å²) in [6.07, 6.45) is 0. The molecule has 0 saturated heterocycles. The molecule has 0 aromatic heterocycles. The van der Waals surface area contributed by atoms with Crippen LogP contribution in [0.4, 0.5) is 0 Å². The topological polar surface area (TPSA) is 33.6 Å². The Labute approximate surface area is 90.2 Å². The molecule has 1 aromatic carbocycles. The van der Waals surface area contributed by atoms with Gasteiger partial charge in [-0.3, -0.25) is 0 Å². The second kappa shape index (κ2) is 4.34. The number of aryl methyl sites for hydroxylation is 1. The molecule has 1 N–H and O–H groups in total. The van der Waals surface area contributed by atoms with Gasteiger partial charge in [0.1, 0.15) is 6.61 Å². The molecule has 0 amide bonds. The minimum Gasteiger partial charge on any atom is -0.463 e. The van der Waals surface area contributed by atoms with Crippen LogP contribution in [-0.4, -0.2) is 19.2 Å². The maximum Gasteiger partial charge on any atom is 0.285 e. The number of nitrogens with zero attached hydrogens (tertiary/aromatic N) is 1. The molecule has 80 valence electrons. The highest BCUT2D eigenvalue weighted by molar-refractivity contribution is 5.75. The normalized spacial score (nSPS) is 16.8. The summed E-state index contributed by atoms with van der Waals surface area (Å²) in [5.74, 6) is 0. The van der Waals surface area contributed by atoms with Gasteiger partial charge in [-0.1, -0.05) is 24.3 Å². The molecule has 3 heteroatoms. The minimum atomic E-state index is 0.239. The van der Waals surface area contributed by atoms with E-state index in [9.17, 15) is 0 Å². The van der Waals surface area contributed by atoms with Crippen molar-refractivity contribution in [2.75, 3.05) is 13.2 Å². The lowest BCUT2D eigenvalue weighted by Gasteiger charge is -2.16. The zero-order valence-corrected chi connectivity index (χ0v) is 9.16. The van der Waals surface area contributed by atoms with Crippen LogP contribution in [0.2, 0.25) is 0 Å². The highest BCUT2D eigenvalue weighted by Gasteiger charge is 2.13. The Bertz CT molecular complexity index is 374. The van der Waals surface area contributed by atoms with Crippen molar-refractivity contribution in [1.82, 2.24) is 5.32 Å². The standard InChI is InChI=1S/C12H16N2O/c1-9-5-3-4-6-11(9)10(2)14-12-13-7-8-15-12/h3-6,10H,7-8H2,1-2H3,(H,13,14)/t10-/m1/s1. The SMILES string of the molecule is Cc1ccccc1[C@@H](C)NC1=NCCO1. The lowest BCUT2D eigenvalue weighted by Crippen LogP contribution is -2.27. The third kappa shape index (κ3) is 2.29. The van der Waals surface area contributed by atoms with Crippen LogP contribution < -0.4 is 5.32 Å². The summed E-state index contributed by atoms with van der Waals surface area (Å²) >= 11 is 0. The fourth-order valence-corrected chi connectivity index (χ4v) is 1.76. The number of rotatable bonds is 2. The van der Waals surface area contributed by atoms with Crippen molar-refractivity contribution in [2.45, 2.75) is 19.9 Å². The summed E-state index contributed by atoms with van der Waals surface area (Å²) in [4.78, 5) is 4.21. The monoisotopic (exact) mass is 204 g/mol. The van der Waals surface area contributed by atoms with Gasteiger partial charge in [0.05, 0.1) is 12.6 Å². The average molecular weight is 204 g/mol. The molecule has 1 atom stereocenters. The van der Waals surface area contributed by atoms with Crippen LogP contribution >= 0.6 is 0 Å². The van der Waals surface area contributed by atoms with Gasteiger partial charge in [0, 0.05) is 0 Å². The summed E-state index contributed by atoms with van der Waals surface area (Å²) in [6.45, 7) is 5.70. The van der Waals surface area contributed by atoms with Gasteiger partial charge < -0.3 is 10.1 Å². The quantitative estimate of drug-likeness (QED) is 0.799. The van der Waals surface area contributed by atoms with E-state index >= 15 is 0 Å². The first-order chi connectivity index (χ1) is 7.27. The van der Waals surface area contributed by atoms with E-state index in [0.717, 1.165) is 6.54 Å². The molecule has 3 nitrogen and oxygen atoms in total. The van der Waals surface area contributed by atoms with Gasteiger partial charge in [-0.2, -0.15) is 0 Å². The van der Waals surface area contributed by atoms with Crippen molar-refractivity contribution in [2.24, 2.45) is 4.99 Å². The first-order valence-electron chi connectivity index (χ1n) is 5.26. The van der Waals surface area contributed by atoms with Gasteiger partial charge in [-0.15, -0.1) is 0 Å². The van der Waals surface area contributed by atoms with Crippen molar-refractivity contribution >= 4 is 6.02 Å². The van der Waals surface area contributed by atoms with Gasteiger partial charge in [0.15, 0.2) is 0 Å². The summed E-state index contributed by atoms with van der Waals surface area (Å²) in [6, 6.07) is 9.26. The zero-order valence-electron chi connectivity index (χ0n) is 9.16. The van der Waals surface area contributed by atoms with Crippen LogP contribution in [0.3, 0.4) is 0 Å². The third-order valence-electron chi connectivity index (χ3n) is 2.58. The van der Waals surface area contributed by atoms with E-state index in [1.807, 2.05) is 0 Å². The number of nitrogens with one attached hydrogen (secondary N) is 1. The number of hydrogen-bond donors (Lipinski definition) is 1. The number of benzene rings is 1. The van der Waals surface area contributed by atoms with E-state index in [1.54, 1.807) is 0 Å². The summed E-state index contributed by atoms with van der Waals surface area (Å²) < 4.78 is 5.32. The Hall–Kier alpha value is -1.51. The van der Waals surface area contributed by atoms with Crippen molar-refractivity contribution in [3.8, 4) is 0 Å². The predicted octanol–water partition coefficient (Wildman–Crippen LogP) is 2.03. The van der Waals surface area contributed by atoms with E-state index in [-0.39, 0.29) is 6.04 Å². The van der Waals surface area contributed by atoms with Crippen LogP contribution in [-0.2, 0) is 4.74 Å². The number of amidine groups is 1. The van der Waals surface area contributed by atoms with Crippen LogP contribution in [0.25, 0.3) is 0 Å². The molecule has 0 fully saturated rings. The molecular weight excluding hydrogens is 188 g/mol. The van der Waals surface area contributed by atoms with Crippen molar-refractivity contribution in [3.05, 3.63) is 35.4 Å². The fourth-order valence-electron chi connectivity index (χ4n) is 1.76. The first kappa shape index (κ1) is 10.0. The third-order valence-corrected chi connectivity index (χ3v) is 2.58. The van der Waals surface area contributed by atoms with Crippen molar-refractivity contribution in [1.29, 1.82) is 0 Å². The lowest BCUT2D eigenvalue weighted by atomic mass is 10.0. The summed E-state index contributed by atoms with van der Waals surface area (Å²) in [7, 11) is 0. The Morgan fingerprint density at radius 2 is 2.20 bits per heavy atom. The predicted molar refractivity (Wildman–Crippen MR) is 61.0 cm³/mol. The Balaban J connectivity index is 2.07.